The van der Waals surface area contributed by atoms with Crippen LogP contribution in [0.2, 0.25) is 0 Å². The minimum atomic E-state index is -3.87. The fraction of sp³-hybridized carbons (Fsp3) is 0.240. The van der Waals surface area contributed by atoms with Crippen molar-refractivity contribution in [3.8, 4) is 5.75 Å². The predicted molar refractivity (Wildman–Crippen MR) is 137 cm³/mol. The first kappa shape index (κ1) is 24.1. The summed E-state index contributed by atoms with van der Waals surface area (Å²) >= 11 is 1.96. The number of carbonyl (C=O) groups is 1. The number of thioether (sulfide) groups is 1. The molecule has 2 N–H and O–H groups in total. The summed E-state index contributed by atoms with van der Waals surface area (Å²) in [5.74, 6) is 2.49. The third kappa shape index (κ3) is 6.11. The van der Waals surface area contributed by atoms with Crippen LogP contribution in [-0.4, -0.2) is 50.9 Å². The molecule has 0 radical (unpaired) electrons. The molecule has 3 aromatic rings. The van der Waals surface area contributed by atoms with Crippen molar-refractivity contribution < 1.29 is 17.9 Å². The molecule has 34 heavy (non-hydrogen) atoms. The molecule has 1 fully saturated rings. The van der Waals surface area contributed by atoms with Gasteiger partial charge in [0.15, 0.2) is 0 Å². The van der Waals surface area contributed by atoms with Gasteiger partial charge < -0.3 is 10.1 Å². The number of ether oxygens (including phenoxy) is 1. The van der Waals surface area contributed by atoms with Gasteiger partial charge in [-0.3, -0.25) is 14.4 Å². The Balaban J connectivity index is 1.49. The van der Waals surface area contributed by atoms with E-state index in [0.717, 1.165) is 42.4 Å². The monoisotopic (exact) mass is 497 g/mol. The first-order valence-corrected chi connectivity index (χ1v) is 13.5. The molecule has 0 aliphatic carbocycles. The summed E-state index contributed by atoms with van der Waals surface area (Å²) in [5, 5.41) is 2.96. The number of carbonyl (C=O) groups excluding carboxylic acids is 1. The molecule has 0 bridgehead atoms. The van der Waals surface area contributed by atoms with Gasteiger partial charge in [0, 0.05) is 48.1 Å². The van der Waals surface area contributed by atoms with Crippen molar-refractivity contribution in [3.05, 3.63) is 83.9 Å². The number of amides is 1. The Morgan fingerprint density at radius 1 is 1.00 bits per heavy atom. The van der Waals surface area contributed by atoms with E-state index in [1.807, 2.05) is 36.0 Å². The van der Waals surface area contributed by atoms with E-state index in [2.05, 4.69) is 14.9 Å². The maximum atomic E-state index is 13.0. The molecule has 0 atom stereocenters. The summed E-state index contributed by atoms with van der Waals surface area (Å²) in [6.45, 7) is 2.80. The van der Waals surface area contributed by atoms with Gasteiger partial charge in [0.1, 0.15) is 5.75 Å². The Labute approximate surface area is 204 Å². The number of methoxy groups -OCH3 is 1. The van der Waals surface area contributed by atoms with E-state index in [9.17, 15) is 13.2 Å². The number of hydrogen-bond donors (Lipinski definition) is 2. The number of rotatable bonds is 8. The molecule has 1 aliphatic rings. The Morgan fingerprint density at radius 3 is 2.47 bits per heavy atom. The molecule has 1 saturated heterocycles. The number of nitrogens with one attached hydrogen (secondary N) is 2. The van der Waals surface area contributed by atoms with Crippen LogP contribution < -0.4 is 14.8 Å². The Bertz CT molecular complexity index is 1240. The number of benzene rings is 3. The van der Waals surface area contributed by atoms with Crippen LogP contribution in [0.1, 0.15) is 15.9 Å². The van der Waals surface area contributed by atoms with Gasteiger partial charge in [0.25, 0.3) is 15.9 Å². The van der Waals surface area contributed by atoms with Crippen molar-refractivity contribution in [3.63, 3.8) is 0 Å². The Kier molecular flexibility index (Phi) is 7.77. The number of nitrogens with zero attached hydrogens (tertiary/aromatic N) is 1. The average Bonchev–Trinajstić information content (AvgIpc) is 2.86. The van der Waals surface area contributed by atoms with E-state index in [0.29, 0.717) is 11.4 Å². The molecule has 0 unspecified atom stereocenters. The van der Waals surface area contributed by atoms with Crippen LogP contribution in [0.15, 0.2) is 77.7 Å². The van der Waals surface area contributed by atoms with Gasteiger partial charge in [-0.1, -0.05) is 24.3 Å². The number of sulfonamides is 1. The summed E-state index contributed by atoms with van der Waals surface area (Å²) in [6, 6.07) is 20.3. The Hall–Kier alpha value is -3.01. The summed E-state index contributed by atoms with van der Waals surface area (Å²) in [4.78, 5) is 15.4. The van der Waals surface area contributed by atoms with E-state index >= 15 is 0 Å². The number of anilines is 2. The molecule has 3 aromatic carbocycles. The zero-order chi connectivity index (χ0) is 24.0. The van der Waals surface area contributed by atoms with Gasteiger partial charge in [0.05, 0.1) is 12.0 Å². The lowest BCUT2D eigenvalue weighted by Crippen LogP contribution is -2.32. The molecule has 0 saturated carbocycles. The maximum absolute atomic E-state index is 13.0. The van der Waals surface area contributed by atoms with Crippen molar-refractivity contribution in [2.45, 2.75) is 11.4 Å². The summed E-state index contributed by atoms with van der Waals surface area (Å²) < 4.78 is 33.4. The van der Waals surface area contributed by atoms with Crippen LogP contribution in [0, 0.1) is 0 Å². The highest BCUT2D eigenvalue weighted by Crippen LogP contribution is 2.23. The quantitative estimate of drug-likeness (QED) is 0.483. The highest BCUT2D eigenvalue weighted by molar-refractivity contribution is 7.99. The Morgan fingerprint density at radius 2 is 1.74 bits per heavy atom. The molecule has 4 rings (SSSR count). The van der Waals surface area contributed by atoms with Crippen LogP contribution >= 0.6 is 11.8 Å². The highest BCUT2D eigenvalue weighted by atomic mass is 32.2. The lowest BCUT2D eigenvalue weighted by Gasteiger charge is -2.27. The van der Waals surface area contributed by atoms with Crippen LogP contribution in [0.3, 0.4) is 0 Å². The topological polar surface area (TPSA) is 87.7 Å². The first-order chi connectivity index (χ1) is 16.4. The van der Waals surface area contributed by atoms with Crippen LogP contribution in [0.4, 0.5) is 11.4 Å². The van der Waals surface area contributed by atoms with E-state index in [1.54, 1.807) is 43.5 Å². The van der Waals surface area contributed by atoms with E-state index < -0.39 is 10.0 Å². The summed E-state index contributed by atoms with van der Waals surface area (Å²) in [6.07, 6.45) is 0. The van der Waals surface area contributed by atoms with E-state index in [-0.39, 0.29) is 16.4 Å². The van der Waals surface area contributed by atoms with Gasteiger partial charge in [0.2, 0.25) is 0 Å². The molecule has 1 amide bonds. The van der Waals surface area contributed by atoms with Crippen molar-refractivity contribution in [1.29, 1.82) is 0 Å². The van der Waals surface area contributed by atoms with Crippen molar-refractivity contribution in [2.24, 2.45) is 0 Å². The average molecular weight is 498 g/mol. The predicted octanol–water partition coefficient (Wildman–Crippen LogP) is 4.30. The lowest BCUT2D eigenvalue weighted by molar-refractivity contribution is 0.102. The van der Waals surface area contributed by atoms with E-state index in [1.165, 1.54) is 12.1 Å². The lowest BCUT2D eigenvalue weighted by atomic mass is 10.1. The second kappa shape index (κ2) is 10.9. The fourth-order valence-corrected chi connectivity index (χ4v) is 5.74. The third-order valence-corrected chi connectivity index (χ3v) is 7.83. The number of hydrogen-bond acceptors (Lipinski definition) is 6. The number of para-hydroxylation sites is 1. The molecule has 0 aromatic heterocycles. The summed E-state index contributed by atoms with van der Waals surface area (Å²) in [7, 11) is -2.33. The van der Waals surface area contributed by atoms with Gasteiger partial charge >= 0.3 is 0 Å². The molecule has 1 heterocycles. The van der Waals surface area contributed by atoms with Gasteiger partial charge in [-0.25, -0.2) is 8.42 Å². The normalized spacial score (nSPS) is 14.4. The van der Waals surface area contributed by atoms with Crippen molar-refractivity contribution in [2.75, 3.05) is 41.7 Å². The van der Waals surface area contributed by atoms with Crippen LogP contribution in [0.5, 0.6) is 5.75 Å². The molecule has 9 heteroatoms. The molecule has 1 aliphatic heterocycles. The first-order valence-electron chi connectivity index (χ1n) is 10.9. The van der Waals surface area contributed by atoms with Gasteiger partial charge in [-0.05, 0) is 54.1 Å². The minimum absolute atomic E-state index is 0.00932. The molecule has 0 spiro atoms. The van der Waals surface area contributed by atoms with Gasteiger partial charge in [-0.2, -0.15) is 11.8 Å². The standard InChI is InChI=1S/C25H27N3O4S2/c1-32-22-11-9-21(10-12-22)27-34(30,31)23-7-4-6-19(17-23)25(29)26-24-8-3-2-5-20(24)18-28-13-15-33-16-14-28/h2-12,17,27H,13-16,18H2,1H3,(H,26,29). The highest BCUT2D eigenvalue weighted by Gasteiger charge is 2.18. The SMILES string of the molecule is COc1ccc(NS(=O)(=O)c2cccc(C(=O)Nc3ccccc3CN3CCSCC3)c2)cc1. The van der Waals surface area contributed by atoms with Crippen molar-refractivity contribution in [1.82, 2.24) is 4.90 Å². The molecular weight excluding hydrogens is 470 g/mol. The smallest absolute Gasteiger partial charge is 0.261 e. The second-order valence-electron chi connectivity index (χ2n) is 7.86. The van der Waals surface area contributed by atoms with E-state index in [4.69, 9.17) is 4.74 Å². The van der Waals surface area contributed by atoms with Crippen LogP contribution in [0.25, 0.3) is 0 Å². The minimum Gasteiger partial charge on any atom is -0.497 e. The third-order valence-electron chi connectivity index (χ3n) is 5.51. The van der Waals surface area contributed by atoms with Crippen molar-refractivity contribution >= 4 is 39.1 Å². The molecular formula is C25H27N3O4S2. The summed E-state index contributed by atoms with van der Waals surface area (Å²) in [5.41, 5.74) is 2.44. The fourth-order valence-electron chi connectivity index (χ4n) is 3.65. The van der Waals surface area contributed by atoms with Gasteiger partial charge in [-0.15, -0.1) is 0 Å². The van der Waals surface area contributed by atoms with Crippen LogP contribution in [-0.2, 0) is 16.6 Å². The maximum Gasteiger partial charge on any atom is 0.261 e. The zero-order valence-corrected chi connectivity index (χ0v) is 20.5. The zero-order valence-electron chi connectivity index (χ0n) is 18.9. The largest absolute Gasteiger partial charge is 0.497 e. The molecule has 178 valence electrons. The molecule has 7 nitrogen and oxygen atoms in total. The second-order valence-corrected chi connectivity index (χ2v) is 10.8.